The quantitative estimate of drug-likeness (QED) is 0.722. The number of rotatable bonds is 3. The summed E-state index contributed by atoms with van der Waals surface area (Å²) < 4.78 is 2.03. The molecule has 0 aliphatic carbocycles. The van der Waals surface area contributed by atoms with Crippen LogP contribution in [0.15, 0.2) is 60.7 Å². The maximum atomic E-state index is 12.5. The smallest absolute Gasteiger partial charge is 0.257 e. The Labute approximate surface area is 140 Å². The Morgan fingerprint density at radius 3 is 2.43 bits per heavy atom. The topological polar surface area (TPSA) is 34.0 Å². The molecule has 1 aromatic heterocycles. The molecule has 3 rings (SSSR count). The summed E-state index contributed by atoms with van der Waals surface area (Å²) in [5.41, 5.74) is 4.27. The molecule has 1 amide bonds. The van der Waals surface area contributed by atoms with Crippen molar-refractivity contribution in [2.45, 2.75) is 13.8 Å². The highest BCUT2D eigenvalue weighted by atomic mass is 35.5. The van der Waals surface area contributed by atoms with E-state index in [1.807, 2.05) is 79.1 Å². The molecule has 1 N–H and O–H groups in total. The Morgan fingerprint density at radius 2 is 1.74 bits per heavy atom. The number of nitrogens with zero attached hydrogens (tertiary/aromatic N) is 1. The van der Waals surface area contributed by atoms with E-state index in [9.17, 15) is 4.79 Å². The highest BCUT2D eigenvalue weighted by Gasteiger charge is 2.16. The van der Waals surface area contributed by atoms with Gasteiger partial charge >= 0.3 is 0 Å². The van der Waals surface area contributed by atoms with Gasteiger partial charge in [-0.05, 0) is 50.2 Å². The zero-order valence-electron chi connectivity index (χ0n) is 13.0. The van der Waals surface area contributed by atoms with Gasteiger partial charge in [-0.2, -0.15) is 0 Å². The largest absolute Gasteiger partial charge is 0.322 e. The molecule has 0 aliphatic heterocycles. The van der Waals surface area contributed by atoms with E-state index in [0.29, 0.717) is 10.6 Å². The Bertz CT molecular complexity index is 853. The normalized spacial score (nSPS) is 10.6. The lowest BCUT2D eigenvalue weighted by Gasteiger charge is -2.10. The molecule has 23 heavy (non-hydrogen) atoms. The summed E-state index contributed by atoms with van der Waals surface area (Å²) in [6.45, 7) is 3.92. The first kappa shape index (κ1) is 15.4. The molecule has 3 nitrogen and oxygen atoms in total. The van der Waals surface area contributed by atoms with E-state index < -0.39 is 0 Å². The molecule has 0 fully saturated rings. The molecule has 0 saturated carbocycles. The van der Waals surface area contributed by atoms with Crippen LogP contribution in [0.5, 0.6) is 0 Å². The van der Waals surface area contributed by atoms with E-state index in [0.717, 1.165) is 22.8 Å². The van der Waals surface area contributed by atoms with Crippen LogP contribution in [-0.2, 0) is 0 Å². The van der Waals surface area contributed by atoms with Crippen molar-refractivity contribution in [2.75, 3.05) is 5.32 Å². The van der Waals surface area contributed by atoms with Crippen LogP contribution in [0.25, 0.3) is 5.69 Å². The van der Waals surface area contributed by atoms with Crippen molar-refractivity contribution in [2.24, 2.45) is 0 Å². The Morgan fingerprint density at radius 1 is 1.00 bits per heavy atom. The molecule has 116 valence electrons. The van der Waals surface area contributed by atoms with Crippen LogP contribution in [0, 0.1) is 13.8 Å². The van der Waals surface area contributed by atoms with Crippen LogP contribution in [0.1, 0.15) is 21.7 Å². The monoisotopic (exact) mass is 324 g/mol. The highest BCUT2D eigenvalue weighted by molar-refractivity contribution is 6.30. The van der Waals surface area contributed by atoms with Gasteiger partial charge in [0.2, 0.25) is 0 Å². The van der Waals surface area contributed by atoms with Crippen molar-refractivity contribution < 1.29 is 4.79 Å². The first-order chi connectivity index (χ1) is 11.1. The average Bonchev–Trinajstić information content (AvgIpc) is 2.83. The highest BCUT2D eigenvalue weighted by Crippen LogP contribution is 2.23. The third kappa shape index (κ3) is 3.15. The van der Waals surface area contributed by atoms with Gasteiger partial charge in [-0.25, -0.2) is 0 Å². The fraction of sp³-hybridized carbons (Fsp3) is 0.105. The van der Waals surface area contributed by atoms with Crippen molar-refractivity contribution in [3.8, 4) is 5.69 Å². The van der Waals surface area contributed by atoms with Crippen molar-refractivity contribution in [3.05, 3.63) is 82.6 Å². The summed E-state index contributed by atoms with van der Waals surface area (Å²) >= 11 is 6.08. The minimum absolute atomic E-state index is 0.113. The molecule has 4 heteroatoms. The predicted octanol–water partition coefficient (Wildman–Crippen LogP) is 5.00. The SMILES string of the molecule is Cc1cc(C(=O)Nc2ccccc2)c(C)n1-c1cccc(Cl)c1. The van der Waals surface area contributed by atoms with Crippen molar-refractivity contribution >= 4 is 23.2 Å². The second kappa shape index (κ2) is 6.31. The summed E-state index contributed by atoms with van der Waals surface area (Å²) in [5, 5.41) is 3.60. The van der Waals surface area contributed by atoms with Crippen LogP contribution in [-0.4, -0.2) is 10.5 Å². The van der Waals surface area contributed by atoms with Crippen molar-refractivity contribution in [1.82, 2.24) is 4.57 Å². The number of amides is 1. The molecule has 0 unspecified atom stereocenters. The number of benzene rings is 2. The molecule has 0 aliphatic rings. The van der Waals surface area contributed by atoms with Crippen LogP contribution in [0.2, 0.25) is 5.02 Å². The number of carbonyl (C=O) groups excluding carboxylic acids is 1. The maximum absolute atomic E-state index is 12.5. The molecule has 0 radical (unpaired) electrons. The van der Waals surface area contributed by atoms with Crippen LogP contribution >= 0.6 is 11.6 Å². The average molecular weight is 325 g/mol. The third-order valence-electron chi connectivity index (χ3n) is 3.77. The summed E-state index contributed by atoms with van der Waals surface area (Å²) in [6, 6.07) is 18.9. The van der Waals surface area contributed by atoms with Gasteiger partial charge in [0, 0.05) is 27.8 Å². The van der Waals surface area contributed by atoms with Crippen LogP contribution < -0.4 is 5.32 Å². The van der Waals surface area contributed by atoms with Crippen molar-refractivity contribution in [3.63, 3.8) is 0 Å². The van der Waals surface area contributed by atoms with E-state index in [1.165, 1.54) is 0 Å². The predicted molar refractivity (Wildman–Crippen MR) is 94.6 cm³/mol. The van der Waals surface area contributed by atoms with E-state index in [4.69, 9.17) is 11.6 Å². The number of aromatic nitrogens is 1. The molecular weight excluding hydrogens is 308 g/mol. The number of hydrogen-bond donors (Lipinski definition) is 1. The first-order valence-corrected chi connectivity index (χ1v) is 7.75. The van der Waals surface area contributed by atoms with Gasteiger partial charge in [0.15, 0.2) is 0 Å². The fourth-order valence-electron chi connectivity index (χ4n) is 2.73. The number of nitrogens with one attached hydrogen (secondary N) is 1. The van der Waals surface area contributed by atoms with Gasteiger partial charge < -0.3 is 9.88 Å². The number of anilines is 1. The van der Waals surface area contributed by atoms with Gasteiger partial charge in [-0.3, -0.25) is 4.79 Å². The molecular formula is C19H17ClN2O. The number of hydrogen-bond acceptors (Lipinski definition) is 1. The van der Waals surface area contributed by atoms with Gasteiger partial charge in [0.25, 0.3) is 5.91 Å². The lowest BCUT2D eigenvalue weighted by Crippen LogP contribution is -2.13. The molecule has 1 heterocycles. The zero-order valence-corrected chi connectivity index (χ0v) is 13.8. The number of para-hydroxylation sites is 1. The molecule has 0 atom stereocenters. The van der Waals surface area contributed by atoms with E-state index in [-0.39, 0.29) is 5.91 Å². The fourth-order valence-corrected chi connectivity index (χ4v) is 2.91. The van der Waals surface area contributed by atoms with Gasteiger partial charge in [-0.1, -0.05) is 35.9 Å². The maximum Gasteiger partial charge on any atom is 0.257 e. The second-order valence-electron chi connectivity index (χ2n) is 5.42. The zero-order chi connectivity index (χ0) is 16.4. The lowest BCUT2D eigenvalue weighted by molar-refractivity contribution is 0.102. The molecule has 0 bridgehead atoms. The number of carbonyl (C=O) groups is 1. The first-order valence-electron chi connectivity index (χ1n) is 7.37. The third-order valence-corrected chi connectivity index (χ3v) is 4.01. The van der Waals surface area contributed by atoms with Crippen molar-refractivity contribution in [1.29, 1.82) is 0 Å². The molecule has 0 saturated heterocycles. The van der Waals surface area contributed by atoms with Gasteiger partial charge in [-0.15, -0.1) is 0 Å². The number of aryl methyl sites for hydroxylation is 1. The lowest BCUT2D eigenvalue weighted by atomic mass is 10.2. The summed E-state index contributed by atoms with van der Waals surface area (Å²) in [5.74, 6) is -0.113. The van der Waals surface area contributed by atoms with Crippen LogP contribution in [0.3, 0.4) is 0 Å². The summed E-state index contributed by atoms with van der Waals surface area (Å²) in [7, 11) is 0. The standard InChI is InChI=1S/C19H17ClN2O/c1-13-11-18(19(23)21-16-8-4-3-5-9-16)14(2)22(13)17-10-6-7-15(20)12-17/h3-12H,1-2H3,(H,21,23). The van der Waals surface area contributed by atoms with E-state index in [2.05, 4.69) is 5.32 Å². The van der Waals surface area contributed by atoms with Gasteiger partial charge in [0.1, 0.15) is 0 Å². The number of halogens is 1. The second-order valence-corrected chi connectivity index (χ2v) is 5.86. The summed E-state index contributed by atoms with van der Waals surface area (Å²) in [6.07, 6.45) is 0. The minimum Gasteiger partial charge on any atom is -0.322 e. The molecule has 3 aromatic rings. The molecule has 2 aromatic carbocycles. The Balaban J connectivity index is 1.96. The van der Waals surface area contributed by atoms with E-state index in [1.54, 1.807) is 0 Å². The van der Waals surface area contributed by atoms with E-state index >= 15 is 0 Å². The Kier molecular flexibility index (Phi) is 4.22. The Hall–Kier alpha value is -2.52. The summed E-state index contributed by atoms with van der Waals surface area (Å²) in [4.78, 5) is 12.5. The van der Waals surface area contributed by atoms with Crippen LogP contribution in [0.4, 0.5) is 5.69 Å². The minimum atomic E-state index is -0.113. The molecule has 0 spiro atoms. The van der Waals surface area contributed by atoms with Gasteiger partial charge in [0.05, 0.1) is 5.56 Å².